The lowest BCUT2D eigenvalue weighted by molar-refractivity contribution is -0.138. The first-order chi connectivity index (χ1) is 15.5. The third-order valence-corrected chi connectivity index (χ3v) is 5.34. The number of benzene rings is 1. The molecule has 0 bridgehead atoms. The highest BCUT2D eigenvalue weighted by Crippen LogP contribution is 2.14. The van der Waals surface area contributed by atoms with Crippen molar-refractivity contribution >= 4 is 17.6 Å². The molecule has 0 aliphatic carbocycles. The summed E-state index contributed by atoms with van der Waals surface area (Å²) < 4.78 is 7.70. The van der Waals surface area contributed by atoms with Crippen molar-refractivity contribution in [2.75, 3.05) is 26.2 Å². The van der Waals surface area contributed by atoms with Crippen LogP contribution in [0.4, 0.5) is 0 Å². The molecule has 0 radical (unpaired) electrons. The molecule has 0 spiro atoms. The molecule has 3 heterocycles. The largest absolute Gasteiger partial charge is 0.370 e. The molecule has 1 atom stereocenters. The van der Waals surface area contributed by atoms with Crippen LogP contribution in [0.5, 0.6) is 0 Å². The van der Waals surface area contributed by atoms with Crippen molar-refractivity contribution in [2.45, 2.75) is 33.0 Å². The van der Waals surface area contributed by atoms with E-state index in [9.17, 15) is 9.59 Å². The SMILES string of the molecule is CC(C)CN1C[C@H](OCc2ccccc2)CN(C(=O)Cc2cnc3ncnn3c2)CC1=O. The van der Waals surface area contributed by atoms with Gasteiger partial charge in [-0.1, -0.05) is 44.2 Å². The van der Waals surface area contributed by atoms with Crippen LogP contribution in [0.3, 0.4) is 0 Å². The molecule has 2 aromatic heterocycles. The van der Waals surface area contributed by atoms with Crippen molar-refractivity contribution < 1.29 is 14.3 Å². The average Bonchev–Trinajstić information content (AvgIpc) is 3.18. The van der Waals surface area contributed by atoms with Crippen LogP contribution in [0.1, 0.15) is 25.0 Å². The molecule has 3 aromatic rings. The predicted octanol–water partition coefficient (Wildman–Crippen LogP) is 1.58. The summed E-state index contributed by atoms with van der Waals surface area (Å²) in [5.74, 6) is 0.614. The Morgan fingerprint density at radius 2 is 1.97 bits per heavy atom. The van der Waals surface area contributed by atoms with Gasteiger partial charge in [-0.25, -0.2) is 9.50 Å². The third-order valence-electron chi connectivity index (χ3n) is 5.34. The molecule has 4 rings (SSSR count). The molecule has 9 heteroatoms. The fourth-order valence-electron chi connectivity index (χ4n) is 3.82. The molecule has 0 unspecified atom stereocenters. The molecule has 2 amide bonds. The molecule has 1 fully saturated rings. The zero-order valence-corrected chi connectivity index (χ0v) is 18.4. The number of aromatic nitrogens is 4. The summed E-state index contributed by atoms with van der Waals surface area (Å²) >= 11 is 0. The topological polar surface area (TPSA) is 92.9 Å². The van der Waals surface area contributed by atoms with Crippen LogP contribution in [-0.4, -0.2) is 73.5 Å². The molecule has 1 saturated heterocycles. The average molecular weight is 437 g/mol. The summed E-state index contributed by atoms with van der Waals surface area (Å²) in [6, 6.07) is 9.91. The van der Waals surface area contributed by atoms with Crippen molar-refractivity contribution in [3.8, 4) is 0 Å². The molecule has 0 N–H and O–H groups in total. The van der Waals surface area contributed by atoms with Gasteiger partial charge >= 0.3 is 0 Å². The lowest BCUT2D eigenvalue weighted by atomic mass is 10.2. The molecule has 1 aliphatic rings. The summed E-state index contributed by atoms with van der Waals surface area (Å²) in [6.45, 7) is 6.12. The molecule has 168 valence electrons. The van der Waals surface area contributed by atoms with Crippen molar-refractivity contribution in [3.63, 3.8) is 0 Å². The smallest absolute Gasteiger partial charge is 0.252 e. The number of hydrogen-bond donors (Lipinski definition) is 0. The zero-order chi connectivity index (χ0) is 22.5. The third kappa shape index (κ3) is 5.47. The summed E-state index contributed by atoms with van der Waals surface area (Å²) in [5.41, 5.74) is 1.77. The van der Waals surface area contributed by atoms with Gasteiger partial charge in [-0.05, 0) is 17.0 Å². The summed E-state index contributed by atoms with van der Waals surface area (Å²) in [6.07, 6.45) is 4.64. The van der Waals surface area contributed by atoms with Crippen LogP contribution >= 0.6 is 0 Å². The van der Waals surface area contributed by atoms with Crippen molar-refractivity contribution in [2.24, 2.45) is 5.92 Å². The number of fused-ring (bicyclic) bond motifs is 1. The Morgan fingerprint density at radius 1 is 1.16 bits per heavy atom. The van der Waals surface area contributed by atoms with E-state index in [1.165, 1.54) is 10.8 Å². The van der Waals surface area contributed by atoms with Crippen LogP contribution < -0.4 is 0 Å². The fraction of sp³-hybridized carbons (Fsp3) is 0.435. The Balaban J connectivity index is 1.47. The minimum Gasteiger partial charge on any atom is -0.370 e. The summed E-state index contributed by atoms with van der Waals surface area (Å²) in [4.78, 5) is 37.7. The second-order valence-corrected chi connectivity index (χ2v) is 8.53. The number of nitrogens with zero attached hydrogens (tertiary/aromatic N) is 6. The van der Waals surface area contributed by atoms with Crippen LogP contribution in [-0.2, 0) is 27.4 Å². The number of carbonyl (C=O) groups is 2. The van der Waals surface area contributed by atoms with Gasteiger partial charge < -0.3 is 14.5 Å². The minimum atomic E-state index is -0.264. The van der Waals surface area contributed by atoms with E-state index in [0.717, 1.165) is 5.56 Å². The van der Waals surface area contributed by atoms with Gasteiger partial charge in [-0.15, -0.1) is 0 Å². The molecule has 32 heavy (non-hydrogen) atoms. The standard InChI is InChI=1S/C23H28N6O3/c1-17(2)10-27-12-20(32-15-18-6-4-3-5-7-18)13-28(14-22(27)31)21(30)8-19-9-24-23-25-16-26-29(23)11-19/h3-7,9,11,16-17,20H,8,10,12-15H2,1-2H3/t20-/m0/s1. The number of amides is 2. The molecule has 9 nitrogen and oxygen atoms in total. The number of hydrogen-bond acceptors (Lipinski definition) is 6. The molecule has 1 aromatic carbocycles. The van der Waals surface area contributed by atoms with Crippen molar-refractivity contribution in [1.82, 2.24) is 29.4 Å². The highest BCUT2D eigenvalue weighted by molar-refractivity contribution is 5.86. The van der Waals surface area contributed by atoms with Crippen LogP contribution in [0.25, 0.3) is 5.78 Å². The monoisotopic (exact) mass is 436 g/mol. The van der Waals surface area contributed by atoms with E-state index in [1.807, 2.05) is 35.2 Å². The Bertz CT molecular complexity index is 1070. The summed E-state index contributed by atoms with van der Waals surface area (Å²) in [7, 11) is 0. The quantitative estimate of drug-likeness (QED) is 0.558. The molecular weight excluding hydrogens is 408 g/mol. The van der Waals surface area contributed by atoms with E-state index in [0.29, 0.717) is 43.5 Å². The van der Waals surface area contributed by atoms with E-state index in [4.69, 9.17) is 4.74 Å². The van der Waals surface area contributed by atoms with Gasteiger partial charge in [-0.3, -0.25) is 9.59 Å². The first-order valence-electron chi connectivity index (χ1n) is 10.8. The van der Waals surface area contributed by atoms with Crippen molar-refractivity contribution in [3.05, 3.63) is 60.2 Å². The Kier molecular flexibility index (Phi) is 6.75. The lowest BCUT2D eigenvalue weighted by Crippen LogP contribution is -2.41. The van der Waals surface area contributed by atoms with Crippen LogP contribution in [0.15, 0.2) is 49.1 Å². The van der Waals surface area contributed by atoms with Gasteiger partial charge in [0, 0.05) is 32.0 Å². The van der Waals surface area contributed by atoms with E-state index in [-0.39, 0.29) is 30.9 Å². The van der Waals surface area contributed by atoms with Gasteiger partial charge in [0.15, 0.2) is 0 Å². The first kappa shape index (κ1) is 21.9. The Labute approximate surface area is 187 Å². The van der Waals surface area contributed by atoms with Gasteiger partial charge in [0.1, 0.15) is 6.33 Å². The highest BCUT2D eigenvalue weighted by atomic mass is 16.5. The van der Waals surface area contributed by atoms with Crippen molar-refractivity contribution in [1.29, 1.82) is 0 Å². The maximum atomic E-state index is 13.1. The number of ether oxygens (including phenoxy) is 1. The van der Waals surface area contributed by atoms with Crippen LogP contribution in [0.2, 0.25) is 0 Å². The summed E-state index contributed by atoms with van der Waals surface area (Å²) in [5, 5.41) is 4.07. The van der Waals surface area contributed by atoms with E-state index < -0.39 is 0 Å². The zero-order valence-electron chi connectivity index (χ0n) is 18.4. The minimum absolute atomic E-state index is 0.0513. The second-order valence-electron chi connectivity index (χ2n) is 8.53. The fourth-order valence-corrected chi connectivity index (χ4v) is 3.82. The molecule has 1 aliphatic heterocycles. The van der Waals surface area contributed by atoms with E-state index >= 15 is 0 Å². The highest BCUT2D eigenvalue weighted by Gasteiger charge is 2.31. The first-order valence-corrected chi connectivity index (χ1v) is 10.8. The van der Waals surface area contributed by atoms with Gasteiger partial charge in [0.2, 0.25) is 11.8 Å². The maximum absolute atomic E-state index is 13.1. The number of carbonyl (C=O) groups excluding carboxylic acids is 2. The van der Waals surface area contributed by atoms with Crippen LogP contribution in [0, 0.1) is 5.92 Å². The van der Waals surface area contributed by atoms with Gasteiger partial charge in [-0.2, -0.15) is 10.1 Å². The predicted molar refractivity (Wildman–Crippen MR) is 118 cm³/mol. The lowest BCUT2D eigenvalue weighted by Gasteiger charge is -2.26. The Morgan fingerprint density at radius 3 is 2.75 bits per heavy atom. The normalized spacial score (nSPS) is 17.2. The molecule has 0 saturated carbocycles. The maximum Gasteiger partial charge on any atom is 0.252 e. The van der Waals surface area contributed by atoms with Gasteiger partial charge in [0.05, 0.1) is 25.7 Å². The molecular formula is C23H28N6O3. The number of rotatable bonds is 7. The second kappa shape index (κ2) is 9.86. The van der Waals surface area contributed by atoms with E-state index in [2.05, 4.69) is 28.9 Å². The Hall–Kier alpha value is -3.33. The van der Waals surface area contributed by atoms with Gasteiger partial charge in [0.25, 0.3) is 5.78 Å². The van der Waals surface area contributed by atoms with E-state index in [1.54, 1.807) is 17.3 Å².